The molecule has 2 aromatic carbocycles. The van der Waals surface area contributed by atoms with E-state index in [1.165, 1.54) is 25.3 Å². The molecule has 0 aliphatic heterocycles. The SMILES string of the molecule is COC(=O)Nc1ccc(CNC(=O)Nc2cccc(F)c2)cc1. The minimum absolute atomic E-state index is 0.291. The molecule has 120 valence electrons. The van der Waals surface area contributed by atoms with E-state index in [1.807, 2.05) is 0 Å². The number of hydrogen-bond acceptors (Lipinski definition) is 3. The van der Waals surface area contributed by atoms with Crippen LogP contribution in [-0.2, 0) is 11.3 Å². The van der Waals surface area contributed by atoms with E-state index in [2.05, 4.69) is 20.7 Å². The number of nitrogens with one attached hydrogen (secondary N) is 3. The number of halogens is 1. The zero-order valence-corrected chi connectivity index (χ0v) is 12.4. The first-order valence-corrected chi connectivity index (χ1v) is 6.81. The molecule has 0 atom stereocenters. The van der Waals surface area contributed by atoms with Crippen LogP contribution in [0.5, 0.6) is 0 Å². The molecule has 0 aliphatic rings. The molecule has 0 heterocycles. The first-order chi connectivity index (χ1) is 11.1. The highest BCUT2D eigenvalue weighted by molar-refractivity contribution is 5.89. The van der Waals surface area contributed by atoms with Gasteiger partial charge in [-0.3, -0.25) is 5.32 Å². The summed E-state index contributed by atoms with van der Waals surface area (Å²) in [6.45, 7) is 0.291. The fourth-order valence-corrected chi connectivity index (χ4v) is 1.80. The number of carbonyl (C=O) groups excluding carboxylic acids is 2. The van der Waals surface area contributed by atoms with Crippen LogP contribution in [0.3, 0.4) is 0 Å². The Morgan fingerprint density at radius 3 is 2.43 bits per heavy atom. The van der Waals surface area contributed by atoms with Crippen molar-refractivity contribution in [1.29, 1.82) is 0 Å². The van der Waals surface area contributed by atoms with Gasteiger partial charge in [-0.1, -0.05) is 18.2 Å². The van der Waals surface area contributed by atoms with Crippen molar-refractivity contribution in [2.24, 2.45) is 0 Å². The summed E-state index contributed by atoms with van der Waals surface area (Å²) in [5, 5.41) is 7.71. The highest BCUT2D eigenvalue weighted by Gasteiger charge is 2.04. The van der Waals surface area contributed by atoms with Gasteiger partial charge in [0.15, 0.2) is 0 Å². The Hall–Kier alpha value is -3.09. The second kappa shape index (κ2) is 7.79. The highest BCUT2D eigenvalue weighted by atomic mass is 19.1. The third-order valence-electron chi connectivity index (χ3n) is 2.92. The summed E-state index contributed by atoms with van der Waals surface area (Å²) in [6.07, 6.45) is -0.551. The molecule has 0 saturated carbocycles. The first-order valence-electron chi connectivity index (χ1n) is 6.81. The molecular formula is C16H16FN3O3. The maximum atomic E-state index is 13.0. The van der Waals surface area contributed by atoms with Crippen LogP contribution in [0.15, 0.2) is 48.5 Å². The number of urea groups is 1. The van der Waals surface area contributed by atoms with Crippen LogP contribution in [-0.4, -0.2) is 19.2 Å². The second-order valence-electron chi connectivity index (χ2n) is 4.63. The molecule has 2 rings (SSSR count). The molecule has 0 bridgehead atoms. The molecule has 0 saturated heterocycles. The van der Waals surface area contributed by atoms with E-state index in [0.29, 0.717) is 17.9 Å². The van der Waals surface area contributed by atoms with Gasteiger partial charge in [-0.2, -0.15) is 0 Å². The maximum absolute atomic E-state index is 13.0. The van der Waals surface area contributed by atoms with E-state index < -0.39 is 17.9 Å². The van der Waals surface area contributed by atoms with Crippen molar-refractivity contribution in [3.05, 3.63) is 59.9 Å². The number of anilines is 2. The topological polar surface area (TPSA) is 79.5 Å². The van der Waals surface area contributed by atoms with Crippen LogP contribution < -0.4 is 16.0 Å². The van der Waals surface area contributed by atoms with Gasteiger partial charge in [0.2, 0.25) is 0 Å². The van der Waals surface area contributed by atoms with Gasteiger partial charge < -0.3 is 15.4 Å². The Balaban J connectivity index is 1.83. The fraction of sp³-hybridized carbons (Fsp3) is 0.125. The van der Waals surface area contributed by atoms with Crippen molar-refractivity contribution >= 4 is 23.5 Å². The number of methoxy groups -OCH3 is 1. The molecule has 6 nitrogen and oxygen atoms in total. The summed E-state index contributed by atoms with van der Waals surface area (Å²) < 4.78 is 17.5. The Morgan fingerprint density at radius 2 is 1.78 bits per heavy atom. The lowest BCUT2D eigenvalue weighted by Gasteiger charge is -2.09. The summed E-state index contributed by atoms with van der Waals surface area (Å²) in [4.78, 5) is 22.8. The van der Waals surface area contributed by atoms with Gasteiger partial charge in [-0.15, -0.1) is 0 Å². The third kappa shape index (κ3) is 5.31. The van der Waals surface area contributed by atoms with Gasteiger partial charge in [0.05, 0.1) is 7.11 Å². The van der Waals surface area contributed by atoms with Crippen molar-refractivity contribution in [2.75, 3.05) is 17.7 Å². The molecule has 7 heteroatoms. The first kappa shape index (κ1) is 16.3. The molecule has 0 aliphatic carbocycles. The zero-order valence-electron chi connectivity index (χ0n) is 12.4. The normalized spacial score (nSPS) is 9.83. The predicted octanol–water partition coefficient (Wildman–Crippen LogP) is 3.33. The minimum Gasteiger partial charge on any atom is -0.453 e. The Bertz CT molecular complexity index is 689. The minimum atomic E-state index is -0.551. The van der Waals surface area contributed by atoms with Gasteiger partial charge in [0.25, 0.3) is 0 Å². The van der Waals surface area contributed by atoms with E-state index >= 15 is 0 Å². The van der Waals surface area contributed by atoms with E-state index in [-0.39, 0.29) is 0 Å². The Kier molecular flexibility index (Phi) is 5.51. The van der Waals surface area contributed by atoms with Crippen LogP contribution >= 0.6 is 0 Å². The number of ether oxygens (including phenoxy) is 1. The van der Waals surface area contributed by atoms with Crippen LogP contribution in [0, 0.1) is 5.82 Å². The summed E-state index contributed by atoms with van der Waals surface area (Å²) >= 11 is 0. The van der Waals surface area contributed by atoms with Crippen LogP contribution in [0.1, 0.15) is 5.56 Å². The standard InChI is InChI=1S/C16H16FN3O3/c1-23-16(22)20-13-7-5-11(6-8-13)10-18-15(21)19-14-4-2-3-12(17)9-14/h2-9H,10H2,1H3,(H,20,22)(H2,18,19,21). The summed E-state index contributed by atoms with van der Waals surface area (Å²) in [6, 6.07) is 12.1. The average molecular weight is 317 g/mol. The van der Waals surface area contributed by atoms with E-state index in [9.17, 15) is 14.0 Å². The van der Waals surface area contributed by atoms with Gasteiger partial charge in [-0.05, 0) is 35.9 Å². The monoisotopic (exact) mass is 317 g/mol. The summed E-state index contributed by atoms with van der Waals surface area (Å²) in [5.74, 6) is -0.420. The molecule has 2 aromatic rings. The highest BCUT2D eigenvalue weighted by Crippen LogP contribution is 2.11. The molecule has 0 unspecified atom stereocenters. The van der Waals surface area contributed by atoms with Crippen molar-refractivity contribution in [3.8, 4) is 0 Å². The number of benzene rings is 2. The van der Waals surface area contributed by atoms with E-state index in [1.54, 1.807) is 30.3 Å². The van der Waals surface area contributed by atoms with Gasteiger partial charge in [-0.25, -0.2) is 14.0 Å². The number of rotatable bonds is 4. The van der Waals surface area contributed by atoms with Gasteiger partial charge in [0, 0.05) is 17.9 Å². The average Bonchev–Trinajstić information content (AvgIpc) is 2.54. The smallest absolute Gasteiger partial charge is 0.411 e. The van der Waals surface area contributed by atoms with Crippen molar-refractivity contribution in [1.82, 2.24) is 5.32 Å². The molecule has 3 amide bonds. The van der Waals surface area contributed by atoms with E-state index in [0.717, 1.165) is 5.56 Å². The maximum Gasteiger partial charge on any atom is 0.411 e. The van der Waals surface area contributed by atoms with Gasteiger partial charge >= 0.3 is 12.1 Å². The quantitative estimate of drug-likeness (QED) is 0.809. The molecule has 23 heavy (non-hydrogen) atoms. The van der Waals surface area contributed by atoms with Crippen LogP contribution in [0.4, 0.5) is 25.4 Å². The van der Waals surface area contributed by atoms with Crippen molar-refractivity contribution in [2.45, 2.75) is 6.54 Å². The number of hydrogen-bond donors (Lipinski definition) is 3. The van der Waals surface area contributed by atoms with Crippen molar-refractivity contribution in [3.63, 3.8) is 0 Å². The number of carbonyl (C=O) groups is 2. The molecule has 0 spiro atoms. The molecular weight excluding hydrogens is 301 g/mol. The predicted molar refractivity (Wildman–Crippen MR) is 84.7 cm³/mol. The third-order valence-corrected chi connectivity index (χ3v) is 2.92. The summed E-state index contributed by atoms with van der Waals surface area (Å²) in [7, 11) is 1.28. The second-order valence-corrected chi connectivity index (χ2v) is 4.63. The molecule has 3 N–H and O–H groups in total. The Morgan fingerprint density at radius 1 is 1.04 bits per heavy atom. The molecule has 0 radical (unpaired) electrons. The number of amides is 3. The Labute approximate surface area is 132 Å². The molecule has 0 fully saturated rings. The lowest BCUT2D eigenvalue weighted by molar-refractivity contribution is 0.187. The van der Waals surface area contributed by atoms with Gasteiger partial charge in [0.1, 0.15) is 5.82 Å². The van der Waals surface area contributed by atoms with Crippen LogP contribution in [0.2, 0.25) is 0 Å². The largest absolute Gasteiger partial charge is 0.453 e. The fourth-order valence-electron chi connectivity index (χ4n) is 1.80. The zero-order chi connectivity index (χ0) is 16.7. The lowest BCUT2D eigenvalue weighted by atomic mass is 10.2. The van der Waals surface area contributed by atoms with E-state index in [4.69, 9.17) is 0 Å². The lowest BCUT2D eigenvalue weighted by Crippen LogP contribution is -2.28. The summed E-state index contributed by atoms with van der Waals surface area (Å²) in [5.41, 5.74) is 1.81. The molecule has 0 aromatic heterocycles. The van der Waals surface area contributed by atoms with Crippen LogP contribution in [0.25, 0.3) is 0 Å². The van der Waals surface area contributed by atoms with Crippen molar-refractivity contribution < 1.29 is 18.7 Å².